The maximum absolute atomic E-state index is 13.4. The van der Waals surface area contributed by atoms with Gasteiger partial charge in [0.2, 0.25) is 11.8 Å². The minimum atomic E-state index is -0.486. The quantitative estimate of drug-likeness (QED) is 0.581. The van der Waals surface area contributed by atoms with E-state index in [1.165, 1.54) is 11.1 Å². The van der Waals surface area contributed by atoms with Crippen LogP contribution in [0.1, 0.15) is 42.0 Å². The van der Waals surface area contributed by atoms with Crippen LogP contribution in [0.15, 0.2) is 48.7 Å². The zero-order chi connectivity index (χ0) is 24.5. The molecule has 1 N–H and O–H groups in total. The number of nitrogens with zero attached hydrogens (tertiary/aromatic N) is 3. The highest BCUT2D eigenvalue weighted by Crippen LogP contribution is 2.37. The van der Waals surface area contributed by atoms with Gasteiger partial charge in [-0.1, -0.05) is 24.3 Å². The van der Waals surface area contributed by atoms with Gasteiger partial charge in [0.1, 0.15) is 17.3 Å². The Balaban J connectivity index is 1.37. The lowest BCUT2D eigenvalue weighted by Crippen LogP contribution is -2.30. The number of amides is 2. The first kappa shape index (κ1) is 23.0. The van der Waals surface area contributed by atoms with Crippen LogP contribution in [0.2, 0.25) is 0 Å². The highest BCUT2D eigenvalue weighted by molar-refractivity contribution is 6.04. The Morgan fingerprint density at radius 2 is 1.97 bits per heavy atom. The predicted octanol–water partition coefficient (Wildman–Crippen LogP) is 4.13. The summed E-state index contributed by atoms with van der Waals surface area (Å²) in [5.74, 6) is 1.08. The molecule has 35 heavy (non-hydrogen) atoms. The second kappa shape index (κ2) is 9.44. The third kappa shape index (κ3) is 4.24. The van der Waals surface area contributed by atoms with Gasteiger partial charge in [0, 0.05) is 24.6 Å². The largest absolute Gasteiger partial charge is 0.497 e. The van der Waals surface area contributed by atoms with E-state index in [0.29, 0.717) is 23.0 Å². The zero-order valence-corrected chi connectivity index (χ0v) is 20.3. The van der Waals surface area contributed by atoms with Crippen molar-refractivity contribution >= 4 is 23.3 Å². The number of ether oxygens (including phenoxy) is 2. The molecular weight excluding hydrogens is 444 g/mol. The number of methoxy groups -OCH3 is 2. The first-order valence-electron chi connectivity index (χ1n) is 11.9. The number of rotatable bonds is 6. The average Bonchev–Trinajstić information content (AvgIpc) is 3.45. The molecule has 8 nitrogen and oxygen atoms in total. The molecule has 2 atom stereocenters. The topological polar surface area (TPSA) is 85.7 Å². The zero-order valence-electron chi connectivity index (χ0n) is 20.3. The number of aromatic nitrogens is 2. The van der Waals surface area contributed by atoms with E-state index in [4.69, 9.17) is 9.47 Å². The van der Waals surface area contributed by atoms with Crippen LogP contribution >= 0.6 is 0 Å². The first-order valence-corrected chi connectivity index (χ1v) is 11.9. The molecule has 1 aliphatic carbocycles. The summed E-state index contributed by atoms with van der Waals surface area (Å²) >= 11 is 0. The minimum absolute atomic E-state index is 0.0757. The minimum Gasteiger partial charge on any atom is -0.497 e. The van der Waals surface area contributed by atoms with E-state index in [-0.39, 0.29) is 30.8 Å². The maximum atomic E-state index is 13.4. The van der Waals surface area contributed by atoms with Crippen molar-refractivity contribution in [1.82, 2.24) is 9.78 Å². The second-order valence-corrected chi connectivity index (χ2v) is 9.16. The number of fused-ring (bicyclic) bond motifs is 1. The molecule has 1 fully saturated rings. The van der Waals surface area contributed by atoms with Gasteiger partial charge in [0.15, 0.2) is 0 Å². The molecule has 1 aromatic heterocycles. The van der Waals surface area contributed by atoms with Crippen molar-refractivity contribution < 1.29 is 19.1 Å². The van der Waals surface area contributed by atoms with Crippen LogP contribution in [0.3, 0.4) is 0 Å². The van der Waals surface area contributed by atoms with Crippen LogP contribution in [0.25, 0.3) is 0 Å². The number of nitrogens with one attached hydrogen (secondary N) is 1. The Morgan fingerprint density at radius 1 is 1.14 bits per heavy atom. The molecule has 2 heterocycles. The van der Waals surface area contributed by atoms with Gasteiger partial charge < -0.3 is 19.7 Å². The summed E-state index contributed by atoms with van der Waals surface area (Å²) in [5, 5.41) is 7.73. The molecular formula is C27H30N4O4. The predicted molar refractivity (Wildman–Crippen MR) is 133 cm³/mol. The van der Waals surface area contributed by atoms with E-state index < -0.39 is 5.92 Å². The molecule has 1 aliphatic heterocycles. The Morgan fingerprint density at radius 3 is 2.77 bits per heavy atom. The van der Waals surface area contributed by atoms with Gasteiger partial charge in [-0.15, -0.1) is 0 Å². The fourth-order valence-corrected chi connectivity index (χ4v) is 5.17. The van der Waals surface area contributed by atoms with E-state index in [1.807, 2.05) is 11.6 Å². The van der Waals surface area contributed by atoms with Crippen LogP contribution in [-0.4, -0.2) is 42.4 Å². The van der Waals surface area contributed by atoms with Crippen molar-refractivity contribution in [3.8, 4) is 11.5 Å². The molecule has 0 saturated carbocycles. The third-order valence-electron chi connectivity index (χ3n) is 7.03. The standard InChI is InChI=1S/C27H30N4O4/c1-17-15-28-31(22-10-6-8-18-7-4-5-9-21(18)22)26(17)29-27(33)19-13-25(32)30(16-19)23-14-20(34-2)11-12-24(23)35-3/h4-5,7,9,11-12,14-15,19,22H,6,8,10,13,16H2,1-3H3,(H,29,33). The van der Waals surface area contributed by atoms with E-state index in [9.17, 15) is 9.59 Å². The summed E-state index contributed by atoms with van der Waals surface area (Å²) < 4.78 is 12.7. The van der Waals surface area contributed by atoms with E-state index in [2.05, 4.69) is 34.7 Å². The molecule has 2 aromatic carbocycles. The molecule has 0 spiro atoms. The van der Waals surface area contributed by atoms with Crippen LogP contribution < -0.4 is 19.7 Å². The van der Waals surface area contributed by atoms with E-state index in [0.717, 1.165) is 24.8 Å². The second-order valence-electron chi connectivity index (χ2n) is 9.16. The lowest BCUT2D eigenvalue weighted by Gasteiger charge is -2.27. The van der Waals surface area contributed by atoms with Crippen LogP contribution in [0.4, 0.5) is 11.5 Å². The molecule has 3 aromatic rings. The lowest BCUT2D eigenvalue weighted by atomic mass is 9.88. The van der Waals surface area contributed by atoms with Crippen molar-refractivity contribution in [2.24, 2.45) is 5.92 Å². The van der Waals surface area contributed by atoms with E-state index >= 15 is 0 Å². The Bertz CT molecular complexity index is 1270. The molecule has 0 bridgehead atoms. The average molecular weight is 475 g/mol. The van der Waals surface area contributed by atoms with E-state index in [1.54, 1.807) is 43.5 Å². The Labute approximate surface area is 204 Å². The maximum Gasteiger partial charge on any atom is 0.230 e. The monoisotopic (exact) mass is 474 g/mol. The van der Waals surface area contributed by atoms with Gasteiger partial charge in [-0.3, -0.25) is 9.59 Å². The summed E-state index contributed by atoms with van der Waals surface area (Å²) in [4.78, 5) is 27.9. The van der Waals surface area contributed by atoms with Crippen molar-refractivity contribution in [3.05, 3.63) is 65.4 Å². The molecule has 0 radical (unpaired) electrons. The normalized spacial score (nSPS) is 19.4. The highest BCUT2D eigenvalue weighted by atomic mass is 16.5. The number of hydrogen-bond donors (Lipinski definition) is 1. The van der Waals surface area contributed by atoms with Gasteiger partial charge in [-0.2, -0.15) is 5.10 Å². The van der Waals surface area contributed by atoms with Gasteiger partial charge in [-0.05, 0) is 49.4 Å². The molecule has 8 heteroatoms. The van der Waals surface area contributed by atoms with Crippen molar-refractivity contribution in [2.45, 2.75) is 38.6 Å². The number of aryl methyl sites for hydroxylation is 2. The van der Waals surface area contributed by atoms with Crippen molar-refractivity contribution in [2.75, 3.05) is 31.0 Å². The van der Waals surface area contributed by atoms with Crippen LogP contribution in [0, 0.1) is 12.8 Å². The third-order valence-corrected chi connectivity index (χ3v) is 7.03. The SMILES string of the molecule is COc1ccc(OC)c(N2CC(C(=O)Nc3c(C)cnn3C3CCCc4ccccc43)CC2=O)c1. The number of anilines is 2. The first-order chi connectivity index (χ1) is 17.0. The number of benzene rings is 2. The molecule has 5 rings (SSSR count). The molecule has 1 saturated heterocycles. The fraction of sp³-hybridized carbons (Fsp3) is 0.370. The summed E-state index contributed by atoms with van der Waals surface area (Å²) in [6.45, 7) is 2.22. The lowest BCUT2D eigenvalue weighted by molar-refractivity contribution is -0.122. The highest BCUT2D eigenvalue weighted by Gasteiger charge is 2.37. The Hall–Kier alpha value is -3.81. The van der Waals surface area contributed by atoms with Gasteiger partial charge >= 0.3 is 0 Å². The molecule has 2 unspecified atom stereocenters. The molecule has 2 amide bonds. The smallest absolute Gasteiger partial charge is 0.230 e. The number of carbonyl (C=O) groups excluding carboxylic acids is 2. The summed E-state index contributed by atoms with van der Waals surface area (Å²) in [5.41, 5.74) is 4.09. The van der Waals surface area contributed by atoms with Gasteiger partial charge in [-0.25, -0.2) is 4.68 Å². The number of carbonyl (C=O) groups is 2. The molecule has 182 valence electrons. The summed E-state index contributed by atoms with van der Waals surface area (Å²) in [6, 6.07) is 13.8. The van der Waals surface area contributed by atoms with Gasteiger partial charge in [0.25, 0.3) is 0 Å². The van der Waals surface area contributed by atoms with Crippen LogP contribution in [0.5, 0.6) is 11.5 Å². The summed E-state index contributed by atoms with van der Waals surface area (Å²) in [6.07, 6.45) is 5.02. The fourth-order valence-electron chi connectivity index (χ4n) is 5.17. The Kier molecular flexibility index (Phi) is 6.19. The van der Waals surface area contributed by atoms with Crippen molar-refractivity contribution in [1.29, 1.82) is 0 Å². The summed E-state index contributed by atoms with van der Waals surface area (Å²) in [7, 11) is 3.13. The van der Waals surface area contributed by atoms with Crippen molar-refractivity contribution in [3.63, 3.8) is 0 Å². The van der Waals surface area contributed by atoms with Crippen LogP contribution in [-0.2, 0) is 16.0 Å². The molecule has 2 aliphatic rings. The number of hydrogen-bond acceptors (Lipinski definition) is 5. The van der Waals surface area contributed by atoms with Gasteiger partial charge in [0.05, 0.1) is 38.1 Å².